The lowest BCUT2D eigenvalue weighted by atomic mass is 10.2. The van der Waals surface area contributed by atoms with Crippen LogP contribution >= 0.6 is 22.6 Å². The molecule has 0 atom stereocenters. The van der Waals surface area contributed by atoms with Gasteiger partial charge >= 0.3 is 0 Å². The summed E-state index contributed by atoms with van der Waals surface area (Å²) in [7, 11) is 0. The van der Waals surface area contributed by atoms with Crippen molar-refractivity contribution in [3.8, 4) is 5.75 Å². The van der Waals surface area contributed by atoms with Gasteiger partial charge in [-0.2, -0.15) is 0 Å². The van der Waals surface area contributed by atoms with E-state index < -0.39 is 0 Å². The number of nitroso groups, excluding NO2 is 1. The highest BCUT2D eigenvalue weighted by molar-refractivity contribution is 14.1. The van der Waals surface area contributed by atoms with Crippen molar-refractivity contribution >= 4 is 28.3 Å². The molecule has 0 radical (unpaired) electrons. The number of nitrogens with zero attached hydrogens (tertiary/aromatic N) is 1. The Bertz CT molecular complexity index is 275. The summed E-state index contributed by atoms with van der Waals surface area (Å²) in [4.78, 5) is 10.1. The highest BCUT2D eigenvalue weighted by Crippen LogP contribution is 2.27. The van der Waals surface area contributed by atoms with Crippen LogP contribution in [0.25, 0.3) is 0 Å². The maximum atomic E-state index is 10.1. The van der Waals surface area contributed by atoms with Gasteiger partial charge in [0.05, 0.1) is 0 Å². The second kappa shape index (κ2) is 3.66. The molecule has 1 N–H and O–H groups in total. The first-order valence-electron chi connectivity index (χ1n) is 2.99. The molecule has 0 heterocycles. The van der Waals surface area contributed by atoms with E-state index in [0.717, 1.165) is 9.99 Å². The fourth-order valence-corrected chi connectivity index (χ4v) is 1.20. The molecule has 0 bridgehead atoms. The normalized spacial score (nSPS) is 9.55. The molecule has 0 aliphatic carbocycles. The Morgan fingerprint density at radius 1 is 1.55 bits per heavy atom. The van der Waals surface area contributed by atoms with E-state index in [-0.39, 0.29) is 11.4 Å². The van der Waals surface area contributed by atoms with Crippen LogP contribution in [0.3, 0.4) is 0 Å². The van der Waals surface area contributed by atoms with Crippen molar-refractivity contribution in [2.75, 3.05) is 0 Å². The van der Waals surface area contributed by atoms with Crippen LogP contribution in [0.1, 0.15) is 5.56 Å². The molecule has 58 valence electrons. The SMILES string of the molecule is O=Nc1cc(CI)ccc1O. The maximum absolute atomic E-state index is 10.1. The summed E-state index contributed by atoms with van der Waals surface area (Å²) in [5.74, 6) is -0.0615. The Hall–Kier alpha value is -0.650. The second-order valence-electron chi connectivity index (χ2n) is 2.05. The Kier molecular flexibility index (Phi) is 2.81. The number of halogens is 1. The molecule has 3 nitrogen and oxygen atoms in total. The summed E-state index contributed by atoms with van der Waals surface area (Å²) in [5.41, 5.74) is 1.09. The van der Waals surface area contributed by atoms with Gasteiger partial charge in [-0.05, 0) is 22.9 Å². The first-order valence-corrected chi connectivity index (χ1v) is 4.51. The van der Waals surface area contributed by atoms with Crippen LogP contribution in [0.4, 0.5) is 5.69 Å². The van der Waals surface area contributed by atoms with Gasteiger partial charge in [-0.3, -0.25) is 0 Å². The topological polar surface area (TPSA) is 49.7 Å². The van der Waals surface area contributed by atoms with Gasteiger partial charge in [0, 0.05) is 4.43 Å². The predicted octanol–water partition coefficient (Wildman–Crippen LogP) is 2.73. The van der Waals surface area contributed by atoms with Crippen molar-refractivity contribution in [2.45, 2.75) is 4.43 Å². The lowest BCUT2D eigenvalue weighted by Gasteiger charge is -1.97. The van der Waals surface area contributed by atoms with E-state index >= 15 is 0 Å². The summed E-state index contributed by atoms with van der Waals surface area (Å²) in [5, 5.41) is 11.7. The number of benzene rings is 1. The van der Waals surface area contributed by atoms with E-state index in [2.05, 4.69) is 27.8 Å². The van der Waals surface area contributed by atoms with Crippen molar-refractivity contribution in [3.63, 3.8) is 0 Å². The number of aromatic hydroxyl groups is 1. The smallest absolute Gasteiger partial charge is 0.149 e. The van der Waals surface area contributed by atoms with Crippen LogP contribution in [0.15, 0.2) is 23.4 Å². The van der Waals surface area contributed by atoms with Crippen molar-refractivity contribution < 1.29 is 5.11 Å². The minimum Gasteiger partial charge on any atom is -0.506 e. The number of phenolic OH excluding ortho intramolecular Hbond substituents is 1. The molecular formula is C7H6INO2. The largest absolute Gasteiger partial charge is 0.506 e. The van der Waals surface area contributed by atoms with Crippen molar-refractivity contribution in [1.29, 1.82) is 0 Å². The van der Waals surface area contributed by atoms with E-state index in [0.29, 0.717) is 0 Å². The molecule has 0 amide bonds. The predicted molar refractivity (Wildman–Crippen MR) is 51.3 cm³/mol. The molecule has 4 heteroatoms. The molecule has 0 unspecified atom stereocenters. The first kappa shape index (κ1) is 8.45. The van der Waals surface area contributed by atoms with Crippen molar-refractivity contribution in [3.05, 3.63) is 28.7 Å². The van der Waals surface area contributed by atoms with Crippen LogP contribution in [-0.2, 0) is 4.43 Å². The molecule has 1 rings (SSSR count). The van der Waals surface area contributed by atoms with E-state index in [1.807, 2.05) is 0 Å². The van der Waals surface area contributed by atoms with Crippen LogP contribution in [-0.4, -0.2) is 5.11 Å². The Morgan fingerprint density at radius 3 is 2.82 bits per heavy atom. The fourth-order valence-electron chi connectivity index (χ4n) is 0.725. The van der Waals surface area contributed by atoms with Gasteiger partial charge in [0.25, 0.3) is 0 Å². The van der Waals surface area contributed by atoms with E-state index in [9.17, 15) is 4.91 Å². The monoisotopic (exact) mass is 263 g/mol. The standard InChI is InChI=1S/C7H6INO2/c8-4-5-1-2-7(10)6(3-5)9-11/h1-3,10H,4H2. The molecule has 1 aromatic rings. The van der Waals surface area contributed by atoms with Gasteiger partial charge < -0.3 is 5.11 Å². The average Bonchev–Trinajstić information content (AvgIpc) is 2.05. The van der Waals surface area contributed by atoms with Crippen molar-refractivity contribution in [2.24, 2.45) is 5.18 Å². The zero-order valence-electron chi connectivity index (χ0n) is 5.62. The van der Waals surface area contributed by atoms with Gasteiger partial charge in [0.2, 0.25) is 0 Å². The Labute approximate surface area is 77.5 Å². The van der Waals surface area contributed by atoms with Crippen LogP contribution in [0.2, 0.25) is 0 Å². The highest BCUT2D eigenvalue weighted by atomic mass is 127. The van der Waals surface area contributed by atoms with E-state index in [4.69, 9.17) is 5.11 Å². The molecule has 0 fully saturated rings. The summed E-state index contributed by atoms with van der Waals surface area (Å²) in [6.45, 7) is 0. The number of hydrogen-bond acceptors (Lipinski definition) is 3. The summed E-state index contributed by atoms with van der Waals surface area (Å²) in [6, 6.07) is 4.82. The van der Waals surface area contributed by atoms with E-state index in [1.165, 1.54) is 6.07 Å². The third kappa shape index (κ3) is 1.89. The third-order valence-electron chi connectivity index (χ3n) is 1.29. The Morgan fingerprint density at radius 2 is 2.27 bits per heavy atom. The average molecular weight is 263 g/mol. The van der Waals surface area contributed by atoms with Crippen LogP contribution in [0.5, 0.6) is 5.75 Å². The molecule has 11 heavy (non-hydrogen) atoms. The van der Waals surface area contributed by atoms with Gasteiger partial charge in [-0.25, -0.2) is 0 Å². The molecule has 0 spiro atoms. The summed E-state index contributed by atoms with van der Waals surface area (Å²) < 4.78 is 0.806. The minimum absolute atomic E-state index is 0.0615. The van der Waals surface area contributed by atoms with Crippen LogP contribution < -0.4 is 0 Å². The number of hydrogen-bond donors (Lipinski definition) is 1. The van der Waals surface area contributed by atoms with E-state index in [1.54, 1.807) is 12.1 Å². The number of rotatable bonds is 2. The number of alkyl halides is 1. The lowest BCUT2D eigenvalue weighted by molar-refractivity contribution is 0.476. The second-order valence-corrected chi connectivity index (χ2v) is 2.81. The summed E-state index contributed by atoms with van der Waals surface area (Å²) in [6.07, 6.45) is 0. The fraction of sp³-hybridized carbons (Fsp3) is 0.143. The maximum Gasteiger partial charge on any atom is 0.149 e. The van der Waals surface area contributed by atoms with Gasteiger partial charge in [0.15, 0.2) is 0 Å². The first-order chi connectivity index (χ1) is 5.27. The molecule has 0 saturated carbocycles. The van der Waals surface area contributed by atoms with Crippen molar-refractivity contribution in [1.82, 2.24) is 0 Å². The van der Waals surface area contributed by atoms with Gasteiger partial charge in [-0.15, -0.1) is 4.91 Å². The summed E-state index contributed by atoms with van der Waals surface area (Å²) >= 11 is 2.17. The molecule has 1 aromatic carbocycles. The molecular weight excluding hydrogens is 257 g/mol. The van der Waals surface area contributed by atoms with Crippen LogP contribution in [0, 0.1) is 4.91 Å². The lowest BCUT2D eigenvalue weighted by Crippen LogP contribution is -1.75. The number of phenols is 1. The third-order valence-corrected chi connectivity index (χ3v) is 2.17. The minimum atomic E-state index is -0.0615. The zero-order valence-corrected chi connectivity index (χ0v) is 7.78. The van der Waals surface area contributed by atoms with Gasteiger partial charge in [0.1, 0.15) is 11.4 Å². The Balaban J connectivity index is 3.12. The zero-order chi connectivity index (χ0) is 8.27. The quantitative estimate of drug-likeness (QED) is 0.506. The molecule has 0 aromatic heterocycles. The van der Waals surface area contributed by atoms with Gasteiger partial charge in [-0.1, -0.05) is 28.7 Å². The molecule has 0 aliphatic rings. The highest BCUT2D eigenvalue weighted by Gasteiger charge is 2.00. The molecule has 0 aliphatic heterocycles. The molecule has 0 saturated heterocycles.